The van der Waals surface area contributed by atoms with Gasteiger partial charge in [-0.15, -0.1) is 0 Å². The third kappa shape index (κ3) is 5.06. The van der Waals surface area contributed by atoms with Crippen LogP contribution in [0.1, 0.15) is 21.5 Å². The molecule has 1 heterocycles. The molecule has 0 spiro atoms. The molecule has 8 nitrogen and oxygen atoms in total. The van der Waals surface area contributed by atoms with E-state index in [9.17, 15) is 14.7 Å². The van der Waals surface area contributed by atoms with Crippen LogP contribution in [-0.2, 0) is 17.8 Å². The molecular formula is C17H14NNaO7S4. The fourth-order valence-corrected chi connectivity index (χ4v) is 3.69. The third-order valence-electron chi connectivity index (χ3n) is 4.51. The molecule has 0 aliphatic carbocycles. The Morgan fingerprint density at radius 2 is 1.40 bits per heavy atom. The van der Waals surface area contributed by atoms with Crippen molar-refractivity contribution in [1.29, 1.82) is 0 Å². The average molecular weight is 496 g/mol. The summed E-state index contributed by atoms with van der Waals surface area (Å²) in [6.07, 6.45) is 0.0220. The molecular weight excluding hydrogens is 481 g/mol. The molecule has 3 rings (SSSR count). The second kappa shape index (κ2) is 11.0. The van der Waals surface area contributed by atoms with E-state index in [-0.39, 0.29) is 71.1 Å². The number of aliphatic carboxylic acids is 1. The summed E-state index contributed by atoms with van der Waals surface area (Å²) in [6, 6.07) is 6.32. The Hall–Kier alpha value is -1.02. The first-order valence-electron chi connectivity index (χ1n) is 8.00. The van der Waals surface area contributed by atoms with E-state index in [1.807, 2.05) is 0 Å². The van der Waals surface area contributed by atoms with Crippen LogP contribution < -0.4 is 51.4 Å². The van der Waals surface area contributed by atoms with Crippen LogP contribution in [0.2, 0.25) is 0 Å². The molecule has 13 heteroatoms. The normalized spacial score (nSPS) is 14.8. The van der Waals surface area contributed by atoms with Gasteiger partial charge in [0.15, 0.2) is 23.0 Å². The summed E-state index contributed by atoms with van der Waals surface area (Å²) in [5, 5.41) is 11.8. The molecule has 0 radical (unpaired) electrons. The van der Waals surface area contributed by atoms with E-state index in [1.54, 1.807) is 12.1 Å². The first-order valence-corrected chi connectivity index (χ1v) is 9.46. The third-order valence-corrected chi connectivity index (χ3v) is 5.30. The molecule has 0 fully saturated rings. The standard InChI is InChI=1S/C17H15NO7S4.Na/c19-16(8-1-2-12(22-26)13(4-8)23-27)18-7-10-6-15(25-29)14(24-28)5-9(10)3-11(18)17(20)21;/h1-2,4-6,11,26-29H,3,7H2,(H,20,21);/q;+1/p-1. The maximum absolute atomic E-state index is 13.1. The van der Waals surface area contributed by atoms with E-state index < -0.39 is 17.9 Å². The van der Waals surface area contributed by atoms with Crippen LogP contribution in [0.5, 0.6) is 23.0 Å². The van der Waals surface area contributed by atoms with Crippen LogP contribution in [0.4, 0.5) is 0 Å². The monoisotopic (exact) mass is 495 g/mol. The van der Waals surface area contributed by atoms with Crippen LogP contribution in [-0.4, -0.2) is 22.8 Å². The summed E-state index contributed by atoms with van der Waals surface area (Å²) in [5.41, 5.74) is 1.52. The van der Waals surface area contributed by atoms with Crippen molar-refractivity contribution in [3.8, 4) is 23.0 Å². The Kier molecular flexibility index (Phi) is 9.28. The Labute approximate surface area is 217 Å². The summed E-state index contributed by atoms with van der Waals surface area (Å²) in [6.45, 7) is 0.00564. The molecule has 0 saturated carbocycles. The van der Waals surface area contributed by atoms with Crippen molar-refractivity contribution in [2.75, 3.05) is 0 Å². The fraction of sp³-hybridized carbons (Fsp3) is 0.176. The number of rotatable bonds is 6. The van der Waals surface area contributed by atoms with Crippen molar-refractivity contribution in [3.05, 3.63) is 47.0 Å². The quantitative estimate of drug-likeness (QED) is 0.230. The van der Waals surface area contributed by atoms with Gasteiger partial charge in [-0.25, -0.2) is 0 Å². The molecule has 1 unspecified atom stereocenters. The van der Waals surface area contributed by atoms with Crippen LogP contribution in [0.3, 0.4) is 0 Å². The van der Waals surface area contributed by atoms with Gasteiger partial charge in [0.05, 0.1) is 12.0 Å². The summed E-state index contributed by atoms with van der Waals surface area (Å²) in [4.78, 5) is 26.0. The molecule has 30 heavy (non-hydrogen) atoms. The summed E-state index contributed by atoms with van der Waals surface area (Å²) >= 11 is 15.0. The van der Waals surface area contributed by atoms with Crippen LogP contribution in [0.25, 0.3) is 0 Å². The van der Waals surface area contributed by atoms with Crippen LogP contribution >= 0.6 is 51.6 Å². The van der Waals surface area contributed by atoms with Gasteiger partial charge in [0.25, 0.3) is 5.91 Å². The SMILES string of the molecule is O=C([O-])C1Cc2cc(OS)c(OS)cc2CN1C(=O)c1ccc(OS)c(OS)c1.[Na+]. The first kappa shape index (κ1) is 25.2. The number of nitrogens with zero attached hydrogens (tertiary/aromatic N) is 1. The van der Waals surface area contributed by atoms with Crippen LogP contribution in [0.15, 0.2) is 30.3 Å². The number of fused-ring (bicyclic) bond motifs is 1. The number of benzene rings is 2. The van der Waals surface area contributed by atoms with E-state index in [2.05, 4.69) is 51.6 Å². The van der Waals surface area contributed by atoms with Crippen molar-refractivity contribution >= 4 is 63.5 Å². The van der Waals surface area contributed by atoms with E-state index >= 15 is 0 Å². The molecule has 2 aromatic carbocycles. The van der Waals surface area contributed by atoms with Gasteiger partial charge >= 0.3 is 29.6 Å². The zero-order chi connectivity index (χ0) is 21.1. The number of amides is 1. The summed E-state index contributed by atoms with van der Waals surface area (Å²) < 4.78 is 19.6. The number of carbonyl (C=O) groups excluding carboxylic acids is 2. The number of carboxylic acids is 1. The number of carboxylic acid groups (broad SMARTS) is 1. The molecule has 1 atom stereocenters. The van der Waals surface area contributed by atoms with Gasteiger partial charge in [0.1, 0.15) is 0 Å². The van der Waals surface area contributed by atoms with Gasteiger partial charge in [0, 0.05) is 63.7 Å². The summed E-state index contributed by atoms with van der Waals surface area (Å²) in [5.74, 6) is -0.967. The molecule has 154 valence electrons. The molecule has 0 saturated heterocycles. The van der Waals surface area contributed by atoms with Gasteiger partial charge in [0.2, 0.25) is 0 Å². The van der Waals surface area contributed by atoms with Crippen molar-refractivity contribution in [2.45, 2.75) is 19.0 Å². The molecule has 0 bridgehead atoms. The number of hydrogen-bond acceptors (Lipinski definition) is 11. The summed E-state index contributed by atoms with van der Waals surface area (Å²) in [7, 11) is 0. The molecule has 0 N–H and O–H groups in total. The van der Waals surface area contributed by atoms with Crippen molar-refractivity contribution < 1.29 is 61.0 Å². The topological polar surface area (TPSA) is 97.4 Å². The van der Waals surface area contributed by atoms with Crippen molar-refractivity contribution in [2.24, 2.45) is 0 Å². The number of carbonyl (C=O) groups is 2. The Balaban J connectivity index is 0.00000320. The molecule has 1 aliphatic heterocycles. The van der Waals surface area contributed by atoms with Gasteiger partial charge < -0.3 is 31.5 Å². The average Bonchev–Trinajstić information content (AvgIpc) is 2.75. The Morgan fingerprint density at radius 1 is 0.867 bits per heavy atom. The largest absolute Gasteiger partial charge is 1.00 e. The molecule has 1 amide bonds. The molecule has 0 aromatic heterocycles. The minimum atomic E-state index is -1.38. The van der Waals surface area contributed by atoms with Crippen molar-refractivity contribution in [1.82, 2.24) is 4.90 Å². The minimum absolute atomic E-state index is 0. The second-order valence-corrected chi connectivity index (χ2v) is 6.80. The minimum Gasteiger partial charge on any atom is -0.548 e. The van der Waals surface area contributed by atoms with E-state index in [0.29, 0.717) is 11.1 Å². The number of thiol groups is 4. The maximum Gasteiger partial charge on any atom is 1.00 e. The zero-order valence-corrected chi connectivity index (χ0v) is 21.0. The first-order chi connectivity index (χ1) is 13.9. The van der Waals surface area contributed by atoms with Gasteiger partial charge in [-0.1, -0.05) is 0 Å². The molecule has 2 aromatic rings. The van der Waals surface area contributed by atoms with Crippen molar-refractivity contribution in [3.63, 3.8) is 0 Å². The predicted molar refractivity (Wildman–Crippen MR) is 114 cm³/mol. The Bertz CT molecular complexity index is 962. The van der Waals surface area contributed by atoms with Gasteiger partial charge in [-0.3, -0.25) is 4.79 Å². The van der Waals surface area contributed by atoms with E-state index in [1.165, 1.54) is 23.1 Å². The van der Waals surface area contributed by atoms with E-state index in [0.717, 1.165) is 0 Å². The van der Waals surface area contributed by atoms with Crippen LogP contribution in [0, 0.1) is 0 Å². The van der Waals surface area contributed by atoms with Gasteiger partial charge in [-0.2, -0.15) is 0 Å². The zero-order valence-electron chi connectivity index (χ0n) is 15.5. The second-order valence-electron chi connectivity index (χ2n) is 6.07. The van der Waals surface area contributed by atoms with Gasteiger partial charge in [-0.05, 0) is 47.9 Å². The Morgan fingerprint density at radius 3 is 1.93 bits per heavy atom. The number of hydrogen-bond donors (Lipinski definition) is 4. The molecule has 1 aliphatic rings. The smallest absolute Gasteiger partial charge is 0.548 e. The maximum atomic E-state index is 13.1. The predicted octanol–water partition coefficient (Wildman–Crippen LogP) is -1.10. The fourth-order valence-electron chi connectivity index (χ4n) is 3.11. The van der Waals surface area contributed by atoms with E-state index in [4.69, 9.17) is 16.7 Å².